The van der Waals surface area contributed by atoms with Gasteiger partial charge in [0, 0.05) is 39.3 Å². The van der Waals surface area contributed by atoms with Gasteiger partial charge in [-0.15, -0.1) is 0 Å². The minimum Gasteiger partial charge on any atom is -0.383 e. The van der Waals surface area contributed by atoms with Crippen LogP contribution in [0.1, 0.15) is 34.1 Å². The molecule has 1 unspecified atom stereocenters. The lowest BCUT2D eigenvalue weighted by Crippen LogP contribution is -2.38. The summed E-state index contributed by atoms with van der Waals surface area (Å²) in [7, 11) is 1.77. The number of nitrogens with zero attached hydrogens (tertiary/aromatic N) is 1. The third kappa shape index (κ3) is 9.13. The van der Waals surface area contributed by atoms with Crippen LogP contribution in [0.5, 0.6) is 0 Å². The smallest absolute Gasteiger partial charge is 0.0589 e. The predicted molar refractivity (Wildman–Crippen MR) is 70.9 cm³/mol. The molecule has 0 saturated heterocycles. The average Bonchev–Trinajstić information content (AvgIpc) is 2.24. The number of nitrogens with one attached hydrogen (secondary N) is 1. The number of methoxy groups -OCH3 is 1. The van der Waals surface area contributed by atoms with Crippen molar-refractivity contribution in [1.29, 1.82) is 0 Å². The lowest BCUT2D eigenvalue weighted by atomic mass is 10.2. The topological polar surface area (TPSA) is 24.5 Å². The van der Waals surface area contributed by atoms with Gasteiger partial charge in [0.1, 0.15) is 0 Å². The van der Waals surface area contributed by atoms with Gasteiger partial charge in [0.05, 0.1) is 6.61 Å². The molecule has 0 saturated carbocycles. The lowest BCUT2D eigenvalue weighted by molar-refractivity contribution is 0.140. The zero-order valence-electron chi connectivity index (χ0n) is 11.8. The normalized spacial score (nSPS) is 13.7. The Bertz CT molecular complexity index is 151. The maximum atomic E-state index is 5.14. The second kappa shape index (κ2) is 10.1. The monoisotopic (exact) mass is 230 g/mol. The Morgan fingerprint density at radius 2 is 1.88 bits per heavy atom. The van der Waals surface area contributed by atoms with E-state index in [1.54, 1.807) is 7.11 Å². The van der Waals surface area contributed by atoms with Crippen molar-refractivity contribution in [3.63, 3.8) is 0 Å². The molecule has 0 aliphatic rings. The van der Waals surface area contributed by atoms with Gasteiger partial charge < -0.3 is 10.1 Å². The van der Waals surface area contributed by atoms with E-state index in [0.717, 1.165) is 38.7 Å². The van der Waals surface area contributed by atoms with Gasteiger partial charge in [0.2, 0.25) is 0 Å². The molecule has 0 spiro atoms. The molecule has 0 radical (unpaired) electrons. The largest absolute Gasteiger partial charge is 0.383 e. The molecule has 0 aromatic carbocycles. The van der Waals surface area contributed by atoms with Crippen LogP contribution in [0.4, 0.5) is 0 Å². The molecule has 98 valence electrons. The second-order valence-corrected chi connectivity index (χ2v) is 4.95. The molecule has 16 heavy (non-hydrogen) atoms. The standard InChI is InChI=1S/C13H30N2O/c1-6-13(4)14-7-8-15(9-10-16-5)11-12(2)3/h12-14H,6-11H2,1-5H3. The van der Waals surface area contributed by atoms with E-state index in [1.165, 1.54) is 6.42 Å². The maximum Gasteiger partial charge on any atom is 0.0589 e. The van der Waals surface area contributed by atoms with Crippen molar-refractivity contribution in [2.75, 3.05) is 39.9 Å². The first-order chi connectivity index (χ1) is 7.60. The highest BCUT2D eigenvalue weighted by molar-refractivity contribution is 4.64. The third-order valence-corrected chi connectivity index (χ3v) is 2.77. The van der Waals surface area contributed by atoms with Crippen LogP contribution >= 0.6 is 0 Å². The van der Waals surface area contributed by atoms with E-state index in [4.69, 9.17) is 4.74 Å². The maximum absolute atomic E-state index is 5.14. The second-order valence-electron chi connectivity index (χ2n) is 4.95. The van der Waals surface area contributed by atoms with Gasteiger partial charge in [-0.1, -0.05) is 20.8 Å². The predicted octanol–water partition coefficient (Wildman–Crippen LogP) is 1.98. The summed E-state index contributed by atoms with van der Waals surface area (Å²) in [4.78, 5) is 2.48. The molecule has 0 amide bonds. The van der Waals surface area contributed by atoms with E-state index in [9.17, 15) is 0 Å². The summed E-state index contributed by atoms with van der Waals surface area (Å²) >= 11 is 0. The highest BCUT2D eigenvalue weighted by atomic mass is 16.5. The van der Waals surface area contributed by atoms with E-state index in [-0.39, 0.29) is 0 Å². The Morgan fingerprint density at radius 3 is 2.38 bits per heavy atom. The molecule has 1 N–H and O–H groups in total. The lowest BCUT2D eigenvalue weighted by Gasteiger charge is -2.24. The highest BCUT2D eigenvalue weighted by Crippen LogP contribution is 1.98. The fourth-order valence-corrected chi connectivity index (χ4v) is 1.64. The van der Waals surface area contributed by atoms with Crippen molar-refractivity contribution in [1.82, 2.24) is 10.2 Å². The number of ether oxygens (including phenoxy) is 1. The quantitative estimate of drug-likeness (QED) is 0.621. The van der Waals surface area contributed by atoms with E-state index in [0.29, 0.717) is 6.04 Å². The van der Waals surface area contributed by atoms with E-state index >= 15 is 0 Å². The van der Waals surface area contributed by atoms with Crippen LogP contribution in [0.15, 0.2) is 0 Å². The van der Waals surface area contributed by atoms with Crippen LogP contribution in [-0.2, 0) is 4.74 Å². The molecule has 0 fully saturated rings. The zero-order chi connectivity index (χ0) is 12.4. The van der Waals surface area contributed by atoms with Crippen molar-refractivity contribution < 1.29 is 4.74 Å². The summed E-state index contributed by atoms with van der Waals surface area (Å²) in [6.07, 6.45) is 1.20. The van der Waals surface area contributed by atoms with Crippen LogP contribution in [-0.4, -0.2) is 50.8 Å². The number of hydrogen-bond donors (Lipinski definition) is 1. The summed E-state index contributed by atoms with van der Waals surface area (Å²) in [5, 5.41) is 3.53. The molecular weight excluding hydrogens is 200 g/mol. The first-order valence-corrected chi connectivity index (χ1v) is 6.54. The molecule has 0 heterocycles. The van der Waals surface area contributed by atoms with Gasteiger partial charge >= 0.3 is 0 Å². The summed E-state index contributed by atoms with van der Waals surface area (Å²) in [6.45, 7) is 14.2. The van der Waals surface area contributed by atoms with Crippen molar-refractivity contribution in [2.45, 2.75) is 40.2 Å². The molecule has 0 rings (SSSR count). The Morgan fingerprint density at radius 1 is 1.19 bits per heavy atom. The van der Waals surface area contributed by atoms with Gasteiger partial charge in [-0.25, -0.2) is 0 Å². The SMILES string of the molecule is CCC(C)NCCN(CCOC)CC(C)C. The first-order valence-electron chi connectivity index (χ1n) is 6.54. The van der Waals surface area contributed by atoms with Crippen molar-refractivity contribution in [3.05, 3.63) is 0 Å². The summed E-state index contributed by atoms with van der Waals surface area (Å²) in [5.41, 5.74) is 0. The van der Waals surface area contributed by atoms with E-state index in [2.05, 4.69) is 37.9 Å². The van der Waals surface area contributed by atoms with Crippen LogP contribution < -0.4 is 5.32 Å². The minimum atomic E-state index is 0.628. The molecule has 0 aliphatic heterocycles. The average molecular weight is 230 g/mol. The number of rotatable bonds is 10. The number of hydrogen-bond acceptors (Lipinski definition) is 3. The Kier molecular flexibility index (Phi) is 9.99. The third-order valence-electron chi connectivity index (χ3n) is 2.77. The van der Waals surface area contributed by atoms with Gasteiger partial charge in [0.25, 0.3) is 0 Å². The molecule has 3 heteroatoms. The van der Waals surface area contributed by atoms with Crippen LogP contribution in [0.2, 0.25) is 0 Å². The highest BCUT2D eigenvalue weighted by Gasteiger charge is 2.07. The Hall–Kier alpha value is -0.120. The Labute approximate surface area is 102 Å². The van der Waals surface area contributed by atoms with Crippen LogP contribution in [0.25, 0.3) is 0 Å². The molecule has 0 aromatic heterocycles. The fourth-order valence-electron chi connectivity index (χ4n) is 1.64. The van der Waals surface area contributed by atoms with E-state index in [1.807, 2.05) is 0 Å². The minimum absolute atomic E-state index is 0.628. The molecule has 0 bridgehead atoms. The molecule has 3 nitrogen and oxygen atoms in total. The molecule has 0 aromatic rings. The molecule has 0 aliphatic carbocycles. The van der Waals surface area contributed by atoms with Crippen molar-refractivity contribution in [2.24, 2.45) is 5.92 Å². The van der Waals surface area contributed by atoms with Gasteiger partial charge in [-0.05, 0) is 19.3 Å². The summed E-state index contributed by atoms with van der Waals surface area (Å²) in [5.74, 6) is 0.723. The van der Waals surface area contributed by atoms with Gasteiger partial charge in [-0.2, -0.15) is 0 Å². The molecular formula is C13H30N2O. The molecule has 1 atom stereocenters. The van der Waals surface area contributed by atoms with Crippen LogP contribution in [0, 0.1) is 5.92 Å². The van der Waals surface area contributed by atoms with Gasteiger partial charge in [-0.3, -0.25) is 4.90 Å². The Balaban J connectivity index is 3.72. The van der Waals surface area contributed by atoms with Crippen LogP contribution in [0.3, 0.4) is 0 Å². The van der Waals surface area contributed by atoms with Gasteiger partial charge in [0.15, 0.2) is 0 Å². The summed E-state index contributed by atoms with van der Waals surface area (Å²) in [6, 6.07) is 0.628. The van der Waals surface area contributed by atoms with E-state index < -0.39 is 0 Å². The summed E-state index contributed by atoms with van der Waals surface area (Å²) < 4.78 is 5.14. The van der Waals surface area contributed by atoms with Crippen molar-refractivity contribution >= 4 is 0 Å². The first kappa shape index (κ1) is 15.9. The fraction of sp³-hybridized carbons (Fsp3) is 1.00. The zero-order valence-corrected chi connectivity index (χ0v) is 11.8. The van der Waals surface area contributed by atoms with Crippen molar-refractivity contribution in [3.8, 4) is 0 Å².